The summed E-state index contributed by atoms with van der Waals surface area (Å²) in [5.74, 6) is -0.247. The molecule has 1 unspecified atom stereocenters. The van der Waals surface area contributed by atoms with Crippen LogP contribution >= 0.6 is 0 Å². The summed E-state index contributed by atoms with van der Waals surface area (Å²) >= 11 is 0. The average molecular weight is 228 g/mol. The third-order valence-electron chi connectivity index (χ3n) is 2.65. The molecule has 0 radical (unpaired) electrons. The van der Waals surface area contributed by atoms with Crippen LogP contribution in [0.15, 0.2) is 0 Å². The minimum Gasteiger partial charge on any atom is -0.395 e. The largest absolute Gasteiger partial charge is 0.395 e. The third kappa shape index (κ3) is 3.80. The maximum Gasteiger partial charge on any atom is 0.242 e. The second-order valence-corrected chi connectivity index (χ2v) is 3.81. The molecule has 0 rings (SSSR count). The van der Waals surface area contributed by atoms with Crippen molar-refractivity contribution in [3.05, 3.63) is 0 Å². The van der Waals surface area contributed by atoms with Crippen molar-refractivity contribution in [1.82, 2.24) is 4.90 Å². The predicted octanol–water partition coefficient (Wildman–Crippen LogP) is 0.394. The average Bonchev–Trinajstić information content (AvgIpc) is 2.32. The van der Waals surface area contributed by atoms with Gasteiger partial charge in [-0.2, -0.15) is 5.26 Å². The van der Waals surface area contributed by atoms with Gasteiger partial charge >= 0.3 is 0 Å². The smallest absolute Gasteiger partial charge is 0.242 e. The van der Waals surface area contributed by atoms with Gasteiger partial charge in [-0.25, -0.2) is 0 Å². The van der Waals surface area contributed by atoms with Crippen LogP contribution in [-0.4, -0.2) is 49.3 Å². The molecule has 0 aromatic rings. The first-order valence-electron chi connectivity index (χ1n) is 5.36. The van der Waals surface area contributed by atoms with Gasteiger partial charge < -0.3 is 14.7 Å². The maximum atomic E-state index is 12.1. The second-order valence-electron chi connectivity index (χ2n) is 3.81. The first-order valence-corrected chi connectivity index (χ1v) is 5.36. The molecule has 16 heavy (non-hydrogen) atoms. The summed E-state index contributed by atoms with van der Waals surface area (Å²) in [7, 11) is 1.55. The van der Waals surface area contributed by atoms with E-state index in [0.717, 1.165) is 0 Å². The zero-order chi connectivity index (χ0) is 12.6. The van der Waals surface area contributed by atoms with E-state index in [2.05, 4.69) is 0 Å². The van der Waals surface area contributed by atoms with Crippen molar-refractivity contribution in [1.29, 1.82) is 5.26 Å². The van der Waals surface area contributed by atoms with Crippen LogP contribution in [0.4, 0.5) is 0 Å². The Hall–Kier alpha value is -1.12. The molecule has 0 bridgehead atoms. The minimum atomic E-state index is -1.01. The third-order valence-corrected chi connectivity index (χ3v) is 2.65. The quantitative estimate of drug-likeness (QED) is 0.684. The standard InChI is InChI=1S/C11H20N2O3/c1-4-11(2,9-12)10(15)13(5-7-14)6-8-16-3/h14H,4-8H2,1-3H3. The molecule has 0 saturated heterocycles. The lowest BCUT2D eigenvalue weighted by Gasteiger charge is -2.28. The summed E-state index contributed by atoms with van der Waals surface area (Å²) in [6, 6.07) is 2.03. The number of methoxy groups -OCH3 is 1. The van der Waals surface area contributed by atoms with Crippen LogP contribution in [0.3, 0.4) is 0 Å². The Morgan fingerprint density at radius 3 is 2.56 bits per heavy atom. The Morgan fingerprint density at radius 2 is 2.19 bits per heavy atom. The lowest BCUT2D eigenvalue weighted by atomic mass is 9.88. The van der Waals surface area contributed by atoms with Crippen molar-refractivity contribution in [2.75, 3.05) is 33.4 Å². The Kier molecular flexibility index (Phi) is 6.70. The number of carbonyl (C=O) groups excluding carboxylic acids is 1. The molecule has 5 heteroatoms. The molecule has 0 heterocycles. The zero-order valence-electron chi connectivity index (χ0n) is 10.2. The van der Waals surface area contributed by atoms with E-state index in [4.69, 9.17) is 15.1 Å². The fraction of sp³-hybridized carbons (Fsp3) is 0.818. The molecule has 92 valence electrons. The molecular weight excluding hydrogens is 208 g/mol. The number of hydrogen-bond acceptors (Lipinski definition) is 4. The van der Waals surface area contributed by atoms with Crippen LogP contribution in [0.25, 0.3) is 0 Å². The summed E-state index contributed by atoms with van der Waals surface area (Å²) in [6.45, 7) is 4.34. The number of aliphatic hydroxyl groups is 1. The van der Waals surface area contributed by atoms with Crippen molar-refractivity contribution in [3.8, 4) is 6.07 Å². The van der Waals surface area contributed by atoms with Crippen LogP contribution in [0.1, 0.15) is 20.3 Å². The van der Waals surface area contributed by atoms with Gasteiger partial charge in [-0.15, -0.1) is 0 Å². The number of amides is 1. The van der Waals surface area contributed by atoms with E-state index < -0.39 is 5.41 Å². The van der Waals surface area contributed by atoms with Gasteiger partial charge in [0.25, 0.3) is 0 Å². The van der Waals surface area contributed by atoms with E-state index >= 15 is 0 Å². The molecule has 0 fully saturated rings. The van der Waals surface area contributed by atoms with Crippen LogP contribution < -0.4 is 0 Å². The molecule has 1 amide bonds. The zero-order valence-corrected chi connectivity index (χ0v) is 10.2. The fourth-order valence-corrected chi connectivity index (χ4v) is 1.26. The molecule has 5 nitrogen and oxygen atoms in total. The van der Waals surface area contributed by atoms with Crippen LogP contribution in [-0.2, 0) is 9.53 Å². The number of nitriles is 1. The Bertz CT molecular complexity index is 262. The lowest BCUT2D eigenvalue weighted by Crippen LogP contribution is -2.44. The van der Waals surface area contributed by atoms with Crippen molar-refractivity contribution in [2.24, 2.45) is 5.41 Å². The summed E-state index contributed by atoms with van der Waals surface area (Å²) in [5.41, 5.74) is -1.01. The van der Waals surface area contributed by atoms with Crippen LogP contribution in [0, 0.1) is 16.7 Å². The summed E-state index contributed by atoms with van der Waals surface area (Å²) < 4.78 is 4.89. The van der Waals surface area contributed by atoms with Gasteiger partial charge in [-0.05, 0) is 13.3 Å². The SMILES string of the molecule is CCC(C)(C#N)C(=O)N(CCO)CCOC. The molecule has 0 aliphatic heterocycles. The molecule has 0 aromatic carbocycles. The van der Waals surface area contributed by atoms with Crippen LogP contribution in [0.2, 0.25) is 0 Å². The normalized spacial score (nSPS) is 13.9. The van der Waals surface area contributed by atoms with Gasteiger partial charge in [-0.3, -0.25) is 4.79 Å². The molecule has 0 saturated carbocycles. The first-order chi connectivity index (χ1) is 7.55. The summed E-state index contributed by atoms with van der Waals surface area (Å²) in [4.78, 5) is 13.5. The highest BCUT2D eigenvalue weighted by Crippen LogP contribution is 2.22. The fourth-order valence-electron chi connectivity index (χ4n) is 1.26. The summed E-state index contributed by atoms with van der Waals surface area (Å²) in [6.07, 6.45) is 0.456. The Balaban J connectivity index is 4.65. The minimum absolute atomic E-state index is 0.110. The van der Waals surface area contributed by atoms with E-state index in [-0.39, 0.29) is 19.1 Å². The molecule has 0 aromatic heterocycles. The molecule has 0 spiro atoms. The van der Waals surface area contributed by atoms with Crippen molar-refractivity contribution < 1.29 is 14.6 Å². The second kappa shape index (κ2) is 7.20. The highest BCUT2D eigenvalue weighted by molar-refractivity contribution is 5.85. The van der Waals surface area contributed by atoms with Crippen molar-refractivity contribution in [2.45, 2.75) is 20.3 Å². The Labute approximate surface area is 96.6 Å². The molecule has 0 aliphatic carbocycles. The van der Waals surface area contributed by atoms with E-state index in [1.807, 2.05) is 6.07 Å². The molecule has 0 aliphatic rings. The predicted molar refractivity (Wildman–Crippen MR) is 59.6 cm³/mol. The van der Waals surface area contributed by atoms with Crippen LogP contribution in [0.5, 0.6) is 0 Å². The van der Waals surface area contributed by atoms with Gasteiger partial charge in [0.15, 0.2) is 0 Å². The number of aliphatic hydroxyl groups excluding tert-OH is 1. The molecule has 1 atom stereocenters. The van der Waals surface area contributed by atoms with E-state index in [0.29, 0.717) is 19.6 Å². The first kappa shape index (κ1) is 14.9. The topological polar surface area (TPSA) is 73.6 Å². The molecule has 1 N–H and O–H groups in total. The highest BCUT2D eigenvalue weighted by atomic mass is 16.5. The van der Waals surface area contributed by atoms with Gasteiger partial charge in [0, 0.05) is 20.2 Å². The van der Waals surface area contributed by atoms with Gasteiger partial charge in [0.2, 0.25) is 5.91 Å². The van der Waals surface area contributed by atoms with Gasteiger partial charge in [-0.1, -0.05) is 6.92 Å². The number of rotatable bonds is 7. The highest BCUT2D eigenvalue weighted by Gasteiger charge is 2.34. The number of ether oxygens (including phenoxy) is 1. The number of carbonyl (C=O) groups is 1. The molecular formula is C11H20N2O3. The maximum absolute atomic E-state index is 12.1. The monoisotopic (exact) mass is 228 g/mol. The van der Waals surface area contributed by atoms with E-state index in [1.54, 1.807) is 21.0 Å². The Morgan fingerprint density at radius 1 is 1.56 bits per heavy atom. The van der Waals surface area contributed by atoms with Gasteiger partial charge in [0.05, 0.1) is 19.3 Å². The number of hydrogen-bond donors (Lipinski definition) is 1. The van der Waals surface area contributed by atoms with E-state index in [9.17, 15) is 4.79 Å². The van der Waals surface area contributed by atoms with Crippen molar-refractivity contribution >= 4 is 5.91 Å². The summed E-state index contributed by atoms with van der Waals surface area (Å²) in [5, 5.41) is 17.9. The van der Waals surface area contributed by atoms with E-state index in [1.165, 1.54) is 4.90 Å². The van der Waals surface area contributed by atoms with Crippen molar-refractivity contribution in [3.63, 3.8) is 0 Å². The number of nitrogens with zero attached hydrogens (tertiary/aromatic N) is 2. The lowest BCUT2D eigenvalue weighted by molar-refractivity contribution is -0.139. The van der Waals surface area contributed by atoms with Gasteiger partial charge in [0.1, 0.15) is 5.41 Å².